The Kier molecular flexibility index (Phi) is 7.47. The van der Waals surface area contributed by atoms with E-state index in [1.807, 2.05) is 12.1 Å². The molecular weight excluding hydrogens is 464 g/mol. The number of nitrogens with zero attached hydrogens (tertiary/aromatic N) is 1. The predicted molar refractivity (Wildman–Crippen MR) is 128 cm³/mol. The van der Waals surface area contributed by atoms with Crippen molar-refractivity contribution in [1.29, 1.82) is 0 Å². The lowest BCUT2D eigenvalue weighted by Crippen LogP contribution is -2.43. The summed E-state index contributed by atoms with van der Waals surface area (Å²) in [5.74, 6) is -0.334. The molecule has 0 radical (unpaired) electrons. The number of fused-ring (bicyclic) bond motifs is 2. The van der Waals surface area contributed by atoms with Crippen LogP contribution in [0.3, 0.4) is 0 Å². The van der Waals surface area contributed by atoms with E-state index in [9.17, 15) is 9.59 Å². The minimum Gasteiger partial charge on any atom is -0.464 e. The van der Waals surface area contributed by atoms with Crippen LogP contribution in [0.2, 0.25) is 5.02 Å². The molecule has 3 atom stereocenters. The molecule has 1 N–H and O–H groups in total. The fourth-order valence-electron chi connectivity index (χ4n) is 4.03. The molecule has 2 bridgehead atoms. The summed E-state index contributed by atoms with van der Waals surface area (Å²) >= 11 is 11.6. The highest BCUT2D eigenvalue weighted by molar-refractivity contribution is 7.80. The number of thiocarbonyl (C=S) groups is 1. The maximum atomic E-state index is 12.7. The Morgan fingerprint density at radius 3 is 2.64 bits per heavy atom. The fourth-order valence-corrected chi connectivity index (χ4v) is 4.57. The van der Waals surface area contributed by atoms with Gasteiger partial charge in [-0.05, 0) is 55.4 Å². The van der Waals surface area contributed by atoms with Gasteiger partial charge in [-0.25, -0.2) is 4.79 Å². The van der Waals surface area contributed by atoms with E-state index in [4.69, 9.17) is 38.0 Å². The lowest BCUT2D eigenvalue weighted by atomic mass is 10.0. The summed E-state index contributed by atoms with van der Waals surface area (Å²) in [4.78, 5) is 27.2. The average molecular weight is 489 g/mol. The van der Waals surface area contributed by atoms with Crippen LogP contribution in [0.25, 0.3) is 0 Å². The van der Waals surface area contributed by atoms with Crippen LogP contribution in [0, 0.1) is 0 Å². The molecule has 0 aromatic heterocycles. The maximum Gasteiger partial charge on any atom is 0.328 e. The van der Waals surface area contributed by atoms with Crippen LogP contribution in [0.1, 0.15) is 29.3 Å². The van der Waals surface area contributed by atoms with Crippen molar-refractivity contribution in [2.45, 2.75) is 38.0 Å². The minimum absolute atomic E-state index is 0.213. The molecule has 174 valence electrons. The number of ether oxygens (including phenoxy) is 3. The molecule has 9 heteroatoms. The second-order valence-corrected chi connectivity index (χ2v) is 8.73. The lowest BCUT2D eigenvalue weighted by Gasteiger charge is -2.28. The smallest absolute Gasteiger partial charge is 0.328 e. The van der Waals surface area contributed by atoms with Gasteiger partial charge in [-0.3, -0.25) is 4.79 Å². The Morgan fingerprint density at radius 2 is 2.00 bits per heavy atom. The first-order valence-electron chi connectivity index (χ1n) is 10.9. The first kappa shape index (κ1) is 23.5. The fraction of sp³-hybridized carbons (Fsp3) is 0.375. The van der Waals surface area contributed by atoms with Crippen LogP contribution in [0.15, 0.2) is 48.5 Å². The van der Waals surface area contributed by atoms with Gasteiger partial charge in [-0.15, -0.1) is 0 Å². The van der Waals surface area contributed by atoms with E-state index in [2.05, 4.69) is 10.2 Å². The third-order valence-corrected chi connectivity index (χ3v) is 6.35. The number of rotatable bonds is 7. The first-order chi connectivity index (χ1) is 15.9. The second kappa shape index (κ2) is 10.5. The molecule has 4 rings (SSSR count). The molecule has 0 aliphatic carbocycles. The van der Waals surface area contributed by atoms with Gasteiger partial charge in [-0.2, -0.15) is 0 Å². The van der Waals surface area contributed by atoms with Crippen molar-refractivity contribution in [2.24, 2.45) is 0 Å². The highest BCUT2D eigenvalue weighted by atomic mass is 35.5. The van der Waals surface area contributed by atoms with Crippen molar-refractivity contribution < 1.29 is 23.8 Å². The zero-order valence-electron chi connectivity index (χ0n) is 18.2. The van der Waals surface area contributed by atoms with Crippen molar-refractivity contribution in [3.05, 3.63) is 64.7 Å². The number of carbonyl (C=O) groups is 2. The van der Waals surface area contributed by atoms with Gasteiger partial charge < -0.3 is 24.4 Å². The van der Waals surface area contributed by atoms with Crippen LogP contribution in [-0.2, 0) is 20.7 Å². The largest absolute Gasteiger partial charge is 0.464 e. The van der Waals surface area contributed by atoms with Gasteiger partial charge in [0.05, 0.1) is 35.9 Å². The van der Waals surface area contributed by atoms with Gasteiger partial charge in [0.25, 0.3) is 11.1 Å². The topological polar surface area (TPSA) is 77.1 Å². The van der Waals surface area contributed by atoms with Crippen molar-refractivity contribution in [2.75, 3.05) is 19.8 Å². The molecule has 2 saturated heterocycles. The molecule has 0 unspecified atom stereocenters. The van der Waals surface area contributed by atoms with Gasteiger partial charge in [0.15, 0.2) is 0 Å². The van der Waals surface area contributed by atoms with Gasteiger partial charge >= 0.3 is 5.97 Å². The summed E-state index contributed by atoms with van der Waals surface area (Å²) in [5.41, 5.74) is 1.13. The molecule has 1 amide bonds. The molecule has 2 aliphatic heterocycles. The van der Waals surface area contributed by atoms with E-state index >= 15 is 0 Å². The maximum absolute atomic E-state index is 12.7. The zero-order chi connectivity index (χ0) is 23.4. The second-order valence-electron chi connectivity index (χ2n) is 7.97. The third kappa shape index (κ3) is 5.63. The molecule has 2 aromatic carbocycles. The van der Waals surface area contributed by atoms with Crippen LogP contribution in [0.4, 0.5) is 0 Å². The number of carbonyl (C=O) groups excluding carboxylic acids is 2. The van der Waals surface area contributed by atoms with E-state index in [-0.39, 0.29) is 25.2 Å². The zero-order valence-corrected chi connectivity index (χ0v) is 19.7. The van der Waals surface area contributed by atoms with Gasteiger partial charge in [-0.1, -0.05) is 35.9 Å². The van der Waals surface area contributed by atoms with Crippen molar-refractivity contribution in [1.82, 2.24) is 10.2 Å². The standard InChI is InChI=1S/C24H25ClN2O5S/c1-2-30-23(29)21(26-22(28)19-5-3-4-6-20(19)25)11-15-7-9-17(10-8-15)32-24(33)27-13-18-12-16(27)14-31-18/h3-10,16,18,21H,2,11-14H2,1H3,(H,26,28)/t16-,18-,21-/m0/s1. The number of hydrogen-bond donors (Lipinski definition) is 1. The minimum atomic E-state index is -0.860. The summed E-state index contributed by atoms with van der Waals surface area (Å²) in [6.45, 7) is 3.37. The predicted octanol–water partition coefficient (Wildman–Crippen LogP) is 3.38. The summed E-state index contributed by atoms with van der Waals surface area (Å²) in [6, 6.07) is 13.4. The number of amides is 1. The molecule has 0 spiro atoms. The summed E-state index contributed by atoms with van der Waals surface area (Å²) in [5, 5.41) is 3.49. The number of nitrogens with one attached hydrogen (secondary N) is 1. The molecular formula is C24H25ClN2O5S. The Hall–Kier alpha value is -2.68. The number of benzene rings is 2. The molecule has 2 heterocycles. The quantitative estimate of drug-likeness (QED) is 0.473. The lowest BCUT2D eigenvalue weighted by molar-refractivity contribution is -0.145. The normalized spacial score (nSPS) is 19.8. The van der Waals surface area contributed by atoms with Crippen LogP contribution >= 0.6 is 23.8 Å². The van der Waals surface area contributed by atoms with E-state index in [0.717, 1.165) is 18.5 Å². The molecule has 2 aromatic rings. The van der Waals surface area contributed by atoms with E-state index in [0.29, 0.717) is 28.1 Å². The highest BCUT2D eigenvalue weighted by Gasteiger charge is 2.40. The average Bonchev–Trinajstić information content (AvgIpc) is 3.44. The Labute approximate surface area is 202 Å². The SMILES string of the molecule is CCOC(=O)[C@H](Cc1ccc(OC(=S)N2C[C@@H]3C[C@H]2CO3)cc1)NC(=O)c1ccccc1Cl. The highest BCUT2D eigenvalue weighted by Crippen LogP contribution is 2.29. The Bertz CT molecular complexity index is 1030. The van der Waals surface area contributed by atoms with Crippen molar-refractivity contribution in [3.8, 4) is 5.75 Å². The number of esters is 1. The van der Waals surface area contributed by atoms with Crippen LogP contribution in [0.5, 0.6) is 5.75 Å². The summed E-state index contributed by atoms with van der Waals surface area (Å²) in [6.07, 6.45) is 1.48. The number of halogens is 1. The van der Waals surface area contributed by atoms with Crippen molar-refractivity contribution in [3.63, 3.8) is 0 Å². The molecule has 7 nitrogen and oxygen atoms in total. The number of morpholine rings is 1. The summed E-state index contributed by atoms with van der Waals surface area (Å²) in [7, 11) is 0. The van der Waals surface area contributed by atoms with Crippen LogP contribution < -0.4 is 10.1 Å². The van der Waals surface area contributed by atoms with E-state index in [1.54, 1.807) is 43.3 Å². The molecule has 0 saturated carbocycles. The van der Waals surface area contributed by atoms with Gasteiger partial charge in [0.1, 0.15) is 11.8 Å². The van der Waals surface area contributed by atoms with Crippen molar-refractivity contribution >= 4 is 40.9 Å². The van der Waals surface area contributed by atoms with Gasteiger partial charge in [0.2, 0.25) is 0 Å². The Morgan fingerprint density at radius 1 is 1.24 bits per heavy atom. The Balaban J connectivity index is 1.39. The van der Waals surface area contributed by atoms with Gasteiger partial charge in [0, 0.05) is 13.0 Å². The van der Waals surface area contributed by atoms with E-state index in [1.165, 1.54) is 0 Å². The molecule has 2 aliphatic rings. The number of likely N-dealkylation sites (tertiary alicyclic amines) is 1. The molecule has 33 heavy (non-hydrogen) atoms. The monoisotopic (exact) mass is 488 g/mol. The van der Waals surface area contributed by atoms with E-state index < -0.39 is 17.9 Å². The summed E-state index contributed by atoms with van der Waals surface area (Å²) < 4.78 is 16.6. The molecule has 2 fully saturated rings. The first-order valence-corrected chi connectivity index (χ1v) is 11.6. The number of hydrogen-bond acceptors (Lipinski definition) is 6. The third-order valence-electron chi connectivity index (χ3n) is 5.70. The van der Waals surface area contributed by atoms with Crippen LogP contribution in [-0.4, -0.2) is 59.9 Å².